The van der Waals surface area contributed by atoms with E-state index in [0.29, 0.717) is 25.4 Å². The van der Waals surface area contributed by atoms with Crippen LogP contribution in [0.2, 0.25) is 0 Å². The van der Waals surface area contributed by atoms with E-state index in [1.54, 1.807) is 14.1 Å². The van der Waals surface area contributed by atoms with Crippen LogP contribution >= 0.6 is 0 Å². The number of alkyl halides is 3. The van der Waals surface area contributed by atoms with Gasteiger partial charge in [-0.05, 0) is 39.1 Å². The van der Waals surface area contributed by atoms with Gasteiger partial charge in [-0.15, -0.1) is 0 Å². The van der Waals surface area contributed by atoms with Crippen LogP contribution < -0.4 is 20.7 Å². The number of anilines is 3. The van der Waals surface area contributed by atoms with Crippen LogP contribution in [-0.4, -0.2) is 67.1 Å². The summed E-state index contributed by atoms with van der Waals surface area (Å²) >= 11 is 0. The molecule has 2 atom stereocenters. The molecule has 1 fully saturated rings. The average Bonchev–Trinajstić information content (AvgIpc) is 2.86. The predicted octanol–water partition coefficient (Wildman–Crippen LogP) is 4.58. The van der Waals surface area contributed by atoms with E-state index in [0.717, 1.165) is 6.07 Å². The Kier molecular flexibility index (Phi) is 7.88. The molecule has 2 N–H and O–H groups in total. The van der Waals surface area contributed by atoms with Crippen LogP contribution in [0.1, 0.15) is 29.8 Å². The van der Waals surface area contributed by atoms with Crippen LogP contribution in [0.5, 0.6) is 0 Å². The number of likely N-dealkylation sites (N-methyl/N-ethyl adjacent to an activating group) is 1. The van der Waals surface area contributed by atoms with Gasteiger partial charge in [-0.25, -0.2) is 13.8 Å². The van der Waals surface area contributed by atoms with Crippen LogP contribution in [0.3, 0.4) is 0 Å². The summed E-state index contributed by atoms with van der Waals surface area (Å²) in [5, 5.41) is 2.47. The van der Waals surface area contributed by atoms with Crippen molar-refractivity contribution in [3.63, 3.8) is 0 Å². The molecule has 1 aliphatic heterocycles. The Morgan fingerprint density at radius 2 is 1.73 bits per heavy atom. The zero-order valence-electron chi connectivity index (χ0n) is 22.5. The Morgan fingerprint density at radius 1 is 1.07 bits per heavy atom. The summed E-state index contributed by atoms with van der Waals surface area (Å²) in [5.74, 6) is -2.57. The molecule has 0 radical (unpaired) electrons. The number of pyridine rings is 2. The van der Waals surface area contributed by atoms with Crippen LogP contribution in [0.25, 0.3) is 11.1 Å². The first-order valence-corrected chi connectivity index (χ1v) is 12.4. The number of H-pyrrole nitrogens is 1. The monoisotopic (exact) mass is 564 g/mol. The molecule has 1 amide bonds. The fourth-order valence-corrected chi connectivity index (χ4v) is 4.74. The molecule has 3 heterocycles. The van der Waals surface area contributed by atoms with Gasteiger partial charge >= 0.3 is 6.18 Å². The molecular weight excluding hydrogens is 535 g/mol. The number of halogens is 5. The first-order valence-electron chi connectivity index (χ1n) is 12.4. The summed E-state index contributed by atoms with van der Waals surface area (Å²) < 4.78 is 71.2. The molecule has 2 aromatic heterocycles. The Bertz CT molecular complexity index is 1480. The van der Waals surface area contributed by atoms with E-state index in [9.17, 15) is 27.2 Å². The van der Waals surface area contributed by atoms with Gasteiger partial charge in [-0.3, -0.25) is 14.5 Å². The molecule has 3 aromatic rings. The highest BCUT2D eigenvalue weighted by Crippen LogP contribution is 2.37. The minimum atomic E-state index is -4.97. The summed E-state index contributed by atoms with van der Waals surface area (Å²) in [6, 6.07) is 3.91. The van der Waals surface area contributed by atoms with Gasteiger partial charge in [0.1, 0.15) is 5.82 Å². The number of rotatable bonds is 5. The van der Waals surface area contributed by atoms with E-state index in [2.05, 4.69) is 20.2 Å². The van der Waals surface area contributed by atoms with E-state index in [1.807, 2.05) is 25.8 Å². The number of aromatic nitrogens is 2. The van der Waals surface area contributed by atoms with Crippen molar-refractivity contribution in [1.82, 2.24) is 14.9 Å². The average molecular weight is 565 g/mol. The van der Waals surface area contributed by atoms with Gasteiger partial charge in [0.25, 0.3) is 5.91 Å². The van der Waals surface area contributed by atoms with E-state index in [1.165, 1.54) is 23.2 Å². The lowest BCUT2D eigenvalue weighted by Crippen LogP contribution is -2.55. The van der Waals surface area contributed by atoms with Crippen molar-refractivity contribution < 1.29 is 26.7 Å². The van der Waals surface area contributed by atoms with Gasteiger partial charge in [-0.1, -0.05) is 0 Å². The Labute approximate surface area is 227 Å². The fraction of sp³-hybridized carbons (Fsp3) is 0.370. The van der Waals surface area contributed by atoms with Crippen LogP contribution in [0.4, 0.5) is 39.1 Å². The molecule has 214 valence electrons. The first kappa shape index (κ1) is 29.0. The van der Waals surface area contributed by atoms with Crippen LogP contribution in [0, 0.1) is 11.6 Å². The molecule has 1 aromatic carbocycles. The van der Waals surface area contributed by atoms with Crippen molar-refractivity contribution in [1.29, 1.82) is 0 Å². The summed E-state index contributed by atoms with van der Waals surface area (Å²) in [5.41, 5.74) is -3.02. The quantitative estimate of drug-likeness (QED) is 0.442. The standard InChI is InChI=1S/C27H29F5N6O2/c1-14-12-38(13-15(2)37(14)5)23-9-20(28)17(16-6-21(29)25(34-10-16)36(3)4)7-22(23)35-26(40)18-11-33-24(39)8-19(18)27(30,31)32/h6-11,14-15H,12-13H2,1-5H3,(H,33,39)(H,35,40)/t14-,15+. The maximum Gasteiger partial charge on any atom is 0.417 e. The van der Waals surface area contributed by atoms with Gasteiger partial charge in [0.15, 0.2) is 11.6 Å². The zero-order valence-corrected chi connectivity index (χ0v) is 22.5. The Balaban J connectivity index is 1.83. The second-order valence-electron chi connectivity index (χ2n) is 10.1. The minimum absolute atomic E-state index is 0.0155. The first-order chi connectivity index (χ1) is 18.7. The fourth-order valence-electron chi connectivity index (χ4n) is 4.74. The topological polar surface area (TPSA) is 84.6 Å². The number of benzene rings is 1. The molecule has 1 aliphatic rings. The highest BCUT2D eigenvalue weighted by Gasteiger charge is 2.36. The third-order valence-electron chi connectivity index (χ3n) is 7.06. The van der Waals surface area contributed by atoms with Gasteiger partial charge in [0.2, 0.25) is 5.56 Å². The Morgan fingerprint density at radius 3 is 2.30 bits per heavy atom. The molecule has 0 saturated carbocycles. The number of carbonyl (C=O) groups is 1. The largest absolute Gasteiger partial charge is 0.417 e. The van der Waals surface area contributed by atoms with Crippen LogP contribution in [-0.2, 0) is 6.18 Å². The molecule has 40 heavy (non-hydrogen) atoms. The van der Waals surface area contributed by atoms with Gasteiger partial charge in [0.05, 0.1) is 22.5 Å². The van der Waals surface area contributed by atoms with Crippen molar-refractivity contribution >= 4 is 23.1 Å². The number of hydrogen-bond donors (Lipinski definition) is 2. The minimum Gasteiger partial charge on any atom is -0.367 e. The van der Waals surface area contributed by atoms with Crippen molar-refractivity contribution in [2.45, 2.75) is 32.1 Å². The SMILES string of the molecule is C[C@@H]1CN(c2cc(F)c(-c3cnc(N(C)C)c(F)c3)cc2NC(=O)c2c[nH]c(=O)cc2C(F)(F)F)C[C@H](C)N1C. The molecule has 0 unspecified atom stereocenters. The van der Waals surface area contributed by atoms with Crippen LogP contribution in [0.15, 0.2) is 41.5 Å². The predicted molar refractivity (Wildman–Crippen MR) is 143 cm³/mol. The third-order valence-corrected chi connectivity index (χ3v) is 7.06. The van der Waals surface area contributed by atoms with Crippen molar-refractivity contribution in [2.75, 3.05) is 49.3 Å². The normalized spacial score (nSPS) is 18.1. The smallest absolute Gasteiger partial charge is 0.367 e. The third kappa shape index (κ3) is 5.79. The lowest BCUT2D eigenvalue weighted by Gasteiger charge is -2.44. The van der Waals surface area contributed by atoms with Crippen molar-refractivity contribution in [3.8, 4) is 11.1 Å². The van der Waals surface area contributed by atoms with E-state index < -0.39 is 40.4 Å². The lowest BCUT2D eigenvalue weighted by atomic mass is 10.0. The highest BCUT2D eigenvalue weighted by atomic mass is 19.4. The van der Waals surface area contributed by atoms with E-state index in [4.69, 9.17) is 0 Å². The summed E-state index contributed by atoms with van der Waals surface area (Å²) in [7, 11) is 5.14. The molecular formula is C27H29F5N6O2. The lowest BCUT2D eigenvalue weighted by molar-refractivity contribution is -0.138. The molecule has 4 rings (SSSR count). The second-order valence-corrected chi connectivity index (χ2v) is 10.1. The van der Waals surface area contributed by atoms with Crippen molar-refractivity contribution in [3.05, 3.63) is 69.8 Å². The number of nitrogens with one attached hydrogen (secondary N) is 2. The number of hydrogen-bond acceptors (Lipinski definition) is 6. The maximum atomic E-state index is 15.6. The van der Waals surface area contributed by atoms with E-state index >= 15 is 4.39 Å². The van der Waals surface area contributed by atoms with Gasteiger partial charge < -0.3 is 20.1 Å². The second kappa shape index (κ2) is 10.9. The molecule has 0 bridgehead atoms. The highest BCUT2D eigenvalue weighted by molar-refractivity contribution is 6.07. The number of nitrogens with zero attached hydrogens (tertiary/aromatic N) is 4. The Hall–Kier alpha value is -4.00. The molecule has 8 nitrogen and oxygen atoms in total. The van der Waals surface area contributed by atoms with E-state index in [-0.39, 0.29) is 40.4 Å². The summed E-state index contributed by atoms with van der Waals surface area (Å²) in [4.78, 5) is 36.3. The molecule has 13 heteroatoms. The zero-order chi connectivity index (χ0) is 29.5. The number of aromatic amines is 1. The number of piperazine rings is 1. The number of amides is 1. The maximum absolute atomic E-state index is 15.6. The molecule has 1 saturated heterocycles. The number of carbonyl (C=O) groups excluding carboxylic acids is 1. The molecule has 0 spiro atoms. The molecule has 0 aliphatic carbocycles. The summed E-state index contributed by atoms with van der Waals surface area (Å²) in [6.45, 7) is 4.84. The van der Waals surface area contributed by atoms with Gasteiger partial charge in [0, 0.05) is 68.9 Å². The van der Waals surface area contributed by atoms with Crippen molar-refractivity contribution in [2.24, 2.45) is 0 Å². The van der Waals surface area contributed by atoms with Gasteiger partial charge in [-0.2, -0.15) is 13.2 Å². The summed E-state index contributed by atoms with van der Waals surface area (Å²) in [6.07, 6.45) is -3.02.